The van der Waals surface area contributed by atoms with Crippen LogP contribution in [0.25, 0.3) is 0 Å². The van der Waals surface area contributed by atoms with Gasteiger partial charge in [0, 0.05) is 18.6 Å². The van der Waals surface area contributed by atoms with Crippen LogP contribution < -0.4 is 5.73 Å². The second-order valence-corrected chi connectivity index (χ2v) is 5.01. The molecule has 0 aromatic heterocycles. The quantitative estimate of drug-likeness (QED) is 0.689. The molecule has 1 heterocycles. The number of nitrogens with zero attached hydrogens (tertiary/aromatic N) is 1. The van der Waals surface area contributed by atoms with Crippen molar-refractivity contribution in [3.05, 3.63) is 0 Å². The zero-order valence-electron chi connectivity index (χ0n) is 9.62. The molecule has 0 bridgehead atoms. The number of carboxylic acid groups (broad SMARTS) is 1. The number of carboxylic acids is 1. The van der Waals surface area contributed by atoms with Crippen molar-refractivity contribution in [2.24, 2.45) is 5.73 Å². The highest BCUT2D eigenvalue weighted by molar-refractivity contribution is 5.78. The number of nitrogens with two attached hydrogens (primary N) is 1. The molecular weight excluding hydrogens is 196 g/mol. The van der Waals surface area contributed by atoms with Crippen LogP contribution in [-0.2, 0) is 9.53 Å². The Kier molecular flexibility index (Phi) is 3.38. The molecule has 0 aromatic rings. The molecule has 0 spiro atoms. The zero-order valence-corrected chi connectivity index (χ0v) is 9.62. The van der Waals surface area contributed by atoms with Crippen molar-refractivity contribution in [1.82, 2.24) is 4.90 Å². The predicted octanol–water partition coefficient (Wildman–Crippen LogP) is -0.101. The molecule has 0 aromatic carbocycles. The summed E-state index contributed by atoms with van der Waals surface area (Å²) in [6, 6.07) is 0. The Hall–Kier alpha value is -0.650. The van der Waals surface area contributed by atoms with Crippen molar-refractivity contribution >= 4 is 5.97 Å². The lowest BCUT2D eigenvalue weighted by Gasteiger charge is -2.44. The van der Waals surface area contributed by atoms with Crippen molar-refractivity contribution in [1.29, 1.82) is 0 Å². The van der Waals surface area contributed by atoms with E-state index in [-0.39, 0.29) is 5.54 Å². The van der Waals surface area contributed by atoms with Gasteiger partial charge in [0.05, 0.1) is 13.2 Å². The van der Waals surface area contributed by atoms with E-state index in [1.165, 1.54) is 0 Å². The van der Waals surface area contributed by atoms with E-state index in [1.54, 1.807) is 6.92 Å². The molecule has 0 radical (unpaired) electrons. The molecule has 0 saturated carbocycles. The number of carbonyl (C=O) groups is 1. The fraction of sp³-hybridized carbons (Fsp3) is 0.900. The Morgan fingerprint density at radius 3 is 2.73 bits per heavy atom. The van der Waals surface area contributed by atoms with E-state index < -0.39 is 11.5 Å². The van der Waals surface area contributed by atoms with E-state index in [4.69, 9.17) is 15.6 Å². The van der Waals surface area contributed by atoms with E-state index in [9.17, 15) is 4.79 Å². The highest BCUT2D eigenvalue weighted by Crippen LogP contribution is 2.20. The summed E-state index contributed by atoms with van der Waals surface area (Å²) < 4.78 is 5.36. The first-order valence-corrected chi connectivity index (χ1v) is 5.11. The second kappa shape index (κ2) is 4.08. The number of morpholine rings is 1. The minimum Gasteiger partial charge on any atom is -0.480 e. The lowest BCUT2D eigenvalue weighted by molar-refractivity contribution is -0.145. The van der Waals surface area contributed by atoms with Gasteiger partial charge in [0.2, 0.25) is 0 Å². The largest absolute Gasteiger partial charge is 0.480 e. The van der Waals surface area contributed by atoms with Crippen LogP contribution in [-0.4, -0.2) is 53.4 Å². The van der Waals surface area contributed by atoms with E-state index in [1.807, 2.05) is 13.8 Å². The first-order chi connectivity index (χ1) is 6.76. The summed E-state index contributed by atoms with van der Waals surface area (Å²) in [5.41, 5.74) is 4.39. The van der Waals surface area contributed by atoms with Gasteiger partial charge in [-0.05, 0) is 20.8 Å². The molecule has 3 N–H and O–H groups in total. The molecule has 88 valence electrons. The summed E-state index contributed by atoms with van der Waals surface area (Å²) in [6.45, 7) is 7.93. The number of hydrogen-bond donors (Lipinski definition) is 2. The number of ether oxygens (including phenoxy) is 1. The number of aliphatic carboxylic acids is 1. The van der Waals surface area contributed by atoms with Crippen LogP contribution in [0.15, 0.2) is 0 Å². The molecule has 1 unspecified atom stereocenters. The Labute approximate surface area is 90.2 Å². The standard InChI is InChI=1S/C10H20N2O3/c1-9(2)7-15-5-4-12(9)6-10(3,11)8(13)14/h4-7,11H2,1-3H3,(H,13,14). The third-order valence-electron chi connectivity index (χ3n) is 2.82. The molecule has 1 aliphatic heterocycles. The SMILES string of the molecule is CC(N)(CN1CCOCC1(C)C)C(=O)O. The Balaban J connectivity index is 2.67. The Bertz CT molecular complexity index is 251. The van der Waals surface area contributed by atoms with E-state index >= 15 is 0 Å². The van der Waals surface area contributed by atoms with Gasteiger partial charge in [0.25, 0.3) is 0 Å². The van der Waals surface area contributed by atoms with Crippen molar-refractivity contribution < 1.29 is 14.6 Å². The molecule has 5 heteroatoms. The second-order valence-electron chi connectivity index (χ2n) is 5.01. The van der Waals surface area contributed by atoms with Crippen LogP contribution >= 0.6 is 0 Å². The highest BCUT2D eigenvalue weighted by Gasteiger charge is 2.37. The molecule has 1 atom stereocenters. The van der Waals surface area contributed by atoms with Crippen molar-refractivity contribution in [3.63, 3.8) is 0 Å². The van der Waals surface area contributed by atoms with Crippen LogP contribution in [0.1, 0.15) is 20.8 Å². The fourth-order valence-electron chi connectivity index (χ4n) is 1.65. The zero-order chi connectivity index (χ0) is 11.7. The minimum atomic E-state index is -1.20. The number of hydrogen-bond acceptors (Lipinski definition) is 4. The number of rotatable bonds is 3. The molecular formula is C10H20N2O3. The summed E-state index contributed by atoms with van der Waals surface area (Å²) in [4.78, 5) is 13.0. The fourth-order valence-corrected chi connectivity index (χ4v) is 1.65. The van der Waals surface area contributed by atoms with Gasteiger partial charge in [-0.25, -0.2) is 0 Å². The van der Waals surface area contributed by atoms with E-state index in [0.29, 0.717) is 19.8 Å². The van der Waals surface area contributed by atoms with Gasteiger partial charge < -0.3 is 15.6 Å². The van der Waals surface area contributed by atoms with Gasteiger partial charge in [0.15, 0.2) is 0 Å². The third-order valence-corrected chi connectivity index (χ3v) is 2.82. The molecule has 1 saturated heterocycles. The Morgan fingerprint density at radius 1 is 1.67 bits per heavy atom. The van der Waals surface area contributed by atoms with Gasteiger partial charge in [-0.15, -0.1) is 0 Å². The molecule has 1 aliphatic rings. The van der Waals surface area contributed by atoms with Crippen LogP contribution in [0.3, 0.4) is 0 Å². The normalized spacial score (nSPS) is 25.9. The maximum atomic E-state index is 10.9. The van der Waals surface area contributed by atoms with Crippen molar-refractivity contribution in [2.75, 3.05) is 26.3 Å². The average Bonchev–Trinajstić information content (AvgIpc) is 2.08. The summed E-state index contributed by atoms with van der Waals surface area (Å²) in [7, 11) is 0. The Morgan fingerprint density at radius 2 is 2.27 bits per heavy atom. The summed E-state index contributed by atoms with van der Waals surface area (Å²) in [5.74, 6) is -0.968. The summed E-state index contributed by atoms with van der Waals surface area (Å²) in [5, 5.41) is 8.96. The first-order valence-electron chi connectivity index (χ1n) is 5.11. The smallest absolute Gasteiger partial charge is 0.324 e. The van der Waals surface area contributed by atoms with E-state index in [0.717, 1.165) is 6.54 Å². The predicted molar refractivity (Wildman–Crippen MR) is 56.7 cm³/mol. The maximum absolute atomic E-state index is 10.9. The molecule has 1 fully saturated rings. The van der Waals surface area contributed by atoms with Crippen LogP contribution in [0.5, 0.6) is 0 Å². The lowest BCUT2D eigenvalue weighted by atomic mass is 9.97. The van der Waals surface area contributed by atoms with Gasteiger partial charge in [-0.1, -0.05) is 0 Å². The van der Waals surface area contributed by atoms with Crippen molar-refractivity contribution in [3.8, 4) is 0 Å². The average molecular weight is 216 g/mol. The first kappa shape index (κ1) is 12.4. The van der Waals surface area contributed by atoms with Crippen LogP contribution in [0.4, 0.5) is 0 Å². The molecule has 15 heavy (non-hydrogen) atoms. The molecule has 0 amide bonds. The molecule has 1 rings (SSSR count). The monoisotopic (exact) mass is 216 g/mol. The summed E-state index contributed by atoms with van der Waals surface area (Å²) >= 11 is 0. The minimum absolute atomic E-state index is 0.145. The maximum Gasteiger partial charge on any atom is 0.324 e. The van der Waals surface area contributed by atoms with E-state index in [2.05, 4.69) is 4.90 Å². The van der Waals surface area contributed by atoms with Gasteiger partial charge in [-0.3, -0.25) is 9.69 Å². The highest BCUT2D eigenvalue weighted by atomic mass is 16.5. The van der Waals surface area contributed by atoms with Crippen molar-refractivity contribution in [2.45, 2.75) is 31.8 Å². The van der Waals surface area contributed by atoms with Gasteiger partial charge >= 0.3 is 5.97 Å². The lowest BCUT2D eigenvalue weighted by Crippen LogP contribution is -2.61. The third kappa shape index (κ3) is 2.90. The molecule has 5 nitrogen and oxygen atoms in total. The summed E-state index contributed by atoms with van der Waals surface area (Å²) in [6.07, 6.45) is 0. The topological polar surface area (TPSA) is 75.8 Å². The van der Waals surface area contributed by atoms with Gasteiger partial charge in [0.1, 0.15) is 5.54 Å². The molecule has 0 aliphatic carbocycles. The van der Waals surface area contributed by atoms with Crippen LogP contribution in [0.2, 0.25) is 0 Å². The van der Waals surface area contributed by atoms with Gasteiger partial charge in [-0.2, -0.15) is 0 Å². The van der Waals surface area contributed by atoms with Crippen LogP contribution in [0, 0.1) is 0 Å².